The molecule has 1 fully saturated rings. The molecule has 38 heavy (non-hydrogen) atoms. The third kappa shape index (κ3) is 7.97. The lowest BCUT2D eigenvalue weighted by molar-refractivity contribution is 0.0906. The Balaban J connectivity index is 0.00000195. The Hall–Kier alpha value is -3.55. The van der Waals surface area contributed by atoms with Crippen LogP contribution in [0.25, 0.3) is 11.1 Å². The third-order valence-electron chi connectivity index (χ3n) is 7.16. The number of pyridine rings is 1. The number of aliphatic hydroxyl groups excluding tert-OH is 1. The number of hydrogen-bond donors (Lipinski definition) is 3. The van der Waals surface area contributed by atoms with Crippen molar-refractivity contribution < 1.29 is 14.7 Å². The Bertz CT molecular complexity index is 1140. The molecule has 0 atom stereocenters. The molecule has 1 aromatic heterocycles. The highest BCUT2D eigenvalue weighted by Gasteiger charge is 2.25. The molecule has 2 amide bonds. The molecule has 7 nitrogen and oxygen atoms in total. The monoisotopic (exact) mass is 516 g/mol. The van der Waals surface area contributed by atoms with Crippen molar-refractivity contribution in [2.24, 2.45) is 0 Å². The van der Waals surface area contributed by atoms with Crippen LogP contribution in [0.5, 0.6) is 0 Å². The van der Waals surface area contributed by atoms with Gasteiger partial charge in [0.25, 0.3) is 11.8 Å². The number of hydrogen-bond acceptors (Lipinski definition) is 5. The Labute approximate surface area is 226 Å². The van der Waals surface area contributed by atoms with E-state index in [1.165, 1.54) is 0 Å². The molecule has 202 valence electrons. The largest absolute Gasteiger partial charge is 0.400 e. The fraction of sp³-hybridized carbons (Fsp3) is 0.387. The van der Waals surface area contributed by atoms with Crippen molar-refractivity contribution in [3.8, 4) is 11.1 Å². The van der Waals surface area contributed by atoms with Crippen LogP contribution in [-0.2, 0) is 6.54 Å². The molecular weight excluding hydrogens is 476 g/mol. The van der Waals surface area contributed by atoms with Crippen molar-refractivity contribution in [3.63, 3.8) is 0 Å². The first kappa shape index (κ1) is 29.0. The zero-order valence-corrected chi connectivity index (χ0v) is 22.7. The Morgan fingerprint density at radius 3 is 2.11 bits per heavy atom. The lowest BCUT2D eigenvalue weighted by Crippen LogP contribution is -2.43. The summed E-state index contributed by atoms with van der Waals surface area (Å²) < 4.78 is 0. The van der Waals surface area contributed by atoms with Crippen molar-refractivity contribution in [1.29, 1.82) is 0 Å². The first-order chi connectivity index (χ1) is 18.6. The summed E-state index contributed by atoms with van der Waals surface area (Å²) in [6.45, 7) is 6.96. The molecule has 3 N–H and O–H groups in total. The molecule has 1 heterocycles. The Morgan fingerprint density at radius 2 is 1.47 bits per heavy atom. The number of aromatic nitrogens is 1. The average molecular weight is 517 g/mol. The minimum absolute atomic E-state index is 0.0406. The summed E-state index contributed by atoms with van der Waals surface area (Å²) in [5.74, 6) is -0.183. The molecule has 4 rings (SSSR count). The van der Waals surface area contributed by atoms with Gasteiger partial charge in [-0.15, -0.1) is 0 Å². The van der Waals surface area contributed by atoms with Crippen molar-refractivity contribution in [2.45, 2.75) is 58.2 Å². The van der Waals surface area contributed by atoms with Crippen LogP contribution >= 0.6 is 0 Å². The number of amides is 2. The zero-order valence-electron chi connectivity index (χ0n) is 22.7. The van der Waals surface area contributed by atoms with E-state index in [-0.39, 0.29) is 17.9 Å². The average Bonchev–Trinajstić information content (AvgIpc) is 2.99. The summed E-state index contributed by atoms with van der Waals surface area (Å²) in [6, 6.07) is 19.8. The van der Waals surface area contributed by atoms with E-state index in [9.17, 15) is 9.59 Å². The summed E-state index contributed by atoms with van der Waals surface area (Å²) in [6.07, 6.45) is 7.79. The van der Waals surface area contributed by atoms with E-state index < -0.39 is 0 Å². The van der Waals surface area contributed by atoms with Crippen LogP contribution in [0.4, 0.5) is 0 Å². The van der Waals surface area contributed by atoms with Gasteiger partial charge in [-0.25, -0.2) is 0 Å². The maximum absolute atomic E-state index is 12.9. The van der Waals surface area contributed by atoms with Gasteiger partial charge in [0, 0.05) is 49.3 Å². The molecule has 0 saturated heterocycles. The standard InChI is InChI=1S/C30H36N4O2.CH4O/c1-3-34(4-2)28-14-12-27(13-15-28)33-30(36)26-7-5-6-22(20-26)21-32-29(35)25-10-8-23(9-11-25)24-16-18-31-19-17-24;1-2/h5-11,16-20,27-28H,3-4,12-15,21H2,1-2H3,(H,32,35)(H,33,36);2H,1H3. The summed E-state index contributed by atoms with van der Waals surface area (Å²) in [5.41, 5.74) is 4.23. The van der Waals surface area contributed by atoms with E-state index in [0.29, 0.717) is 23.7 Å². The second-order valence-corrected chi connectivity index (χ2v) is 9.40. The van der Waals surface area contributed by atoms with Gasteiger partial charge in [-0.3, -0.25) is 14.6 Å². The van der Waals surface area contributed by atoms with E-state index in [1.54, 1.807) is 12.4 Å². The zero-order chi connectivity index (χ0) is 27.3. The fourth-order valence-electron chi connectivity index (χ4n) is 5.06. The molecule has 7 heteroatoms. The molecular formula is C31H40N4O3. The fourth-order valence-corrected chi connectivity index (χ4v) is 5.06. The first-order valence-corrected chi connectivity index (χ1v) is 13.4. The number of rotatable bonds is 9. The topological polar surface area (TPSA) is 94.6 Å². The van der Waals surface area contributed by atoms with Crippen LogP contribution in [0.15, 0.2) is 73.1 Å². The van der Waals surface area contributed by atoms with E-state index in [4.69, 9.17) is 5.11 Å². The van der Waals surface area contributed by atoms with Crippen molar-refractivity contribution in [2.75, 3.05) is 20.2 Å². The van der Waals surface area contributed by atoms with Gasteiger partial charge in [-0.1, -0.05) is 38.1 Å². The predicted octanol–water partition coefficient (Wildman–Crippen LogP) is 4.67. The number of carbonyl (C=O) groups excluding carboxylic acids is 2. The highest BCUT2D eigenvalue weighted by molar-refractivity contribution is 5.95. The number of aliphatic hydroxyl groups is 1. The molecule has 1 saturated carbocycles. The van der Waals surface area contributed by atoms with E-state index in [0.717, 1.165) is 62.6 Å². The van der Waals surface area contributed by atoms with Crippen LogP contribution in [0, 0.1) is 0 Å². The number of nitrogens with zero attached hydrogens (tertiary/aromatic N) is 2. The van der Waals surface area contributed by atoms with Gasteiger partial charge in [-0.2, -0.15) is 0 Å². The van der Waals surface area contributed by atoms with Crippen LogP contribution in [0.3, 0.4) is 0 Å². The van der Waals surface area contributed by atoms with Crippen LogP contribution in [0.1, 0.15) is 65.8 Å². The van der Waals surface area contributed by atoms with Crippen molar-refractivity contribution >= 4 is 11.8 Å². The molecule has 1 aliphatic carbocycles. The summed E-state index contributed by atoms with van der Waals surface area (Å²) in [4.78, 5) is 32.1. The molecule has 1 aliphatic rings. The molecule has 0 radical (unpaired) electrons. The van der Waals surface area contributed by atoms with E-state index in [1.807, 2.05) is 60.7 Å². The number of carbonyl (C=O) groups is 2. The Morgan fingerprint density at radius 1 is 0.842 bits per heavy atom. The highest BCUT2D eigenvalue weighted by Crippen LogP contribution is 2.23. The summed E-state index contributed by atoms with van der Waals surface area (Å²) >= 11 is 0. The second-order valence-electron chi connectivity index (χ2n) is 9.40. The lowest BCUT2D eigenvalue weighted by atomic mass is 9.90. The maximum Gasteiger partial charge on any atom is 0.251 e. The first-order valence-electron chi connectivity index (χ1n) is 13.4. The van der Waals surface area contributed by atoms with Gasteiger partial charge >= 0.3 is 0 Å². The van der Waals surface area contributed by atoms with Gasteiger partial charge in [0.15, 0.2) is 0 Å². The minimum Gasteiger partial charge on any atom is -0.400 e. The molecule has 0 bridgehead atoms. The van der Waals surface area contributed by atoms with Crippen LogP contribution < -0.4 is 10.6 Å². The normalized spacial score (nSPS) is 16.8. The van der Waals surface area contributed by atoms with Gasteiger partial charge < -0.3 is 20.6 Å². The quantitative estimate of drug-likeness (QED) is 0.384. The minimum atomic E-state index is -0.143. The predicted molar refractivity (Wildman–Crippen MR) is 152 cm³/mol. The van der Waals surface area contributed by atoms with Gasteiger partial charge in [0.1, 0.15) is 0 Å². The van der Waals surface area contributed by atoms with Gasteiger partial charge in [-0.05, 0) is 91.9 Å². The van der Waals surface area contributed by atoms with Crippen molar-refractivity contribution in [3.05, 3.63) is 89.7 Å². The Kier molecular flexibility index (Phi) is 11.5. The molecule has 2 aromatic carbocycles. The van der Waals surface area contributed by atoms with Gasteiger partial charge in [0.05, 0.1) is 0 Å². The smallest absolute Gasteiger partial charge is 0.251 e. The highest BCUT2D eigenvalue weighted by atomic mass is 16.2. The molecule has 0 aliphatic heterocycles. The molecule has 3 aromatic rings. The number of benzene rings is 2. The van der Waals surface area contributed by atoms with Crippen LogP contribution in [0.2, 0.25) is 0 Å². The SMILES string of the molecule is CCN(CC)C1CCC(NC(=O)c2cccc(CNC(=O)c3ccc(-c4ccncc4)cc3)c2)CC1.CO. The van der Waals surface area contributed by atoms with Crippen LogP contribution in [-0.4, -0.2) is 59.1 Å². The second kappa shape index (κ2) is 15.0. The lowest BCUT2D eigenvalue weighted by Gasteiger charge is -2.36. The molecule has 0 spiro atoms. The number of nitrogens with one attached hydrogen (secondary N) is 2. The maximum atomic E-state index is 12.9. The summed E-state index contributed by atoms with van der Waals surface area (Å²) in [7, 11) is 1.00. The van der Waals surface area contributed by atoms with Crippen molar-refractivity contribution in [1.82, 2.24) is 20.5 Å². The third-order valence-corrected chi connectivity index (χ3v) is 7.16. The van der Waals surface area contributed by atoms with E-state index in [2.05, 4.69) is 34.4 Å². The van der Waals surface area contributed by atoms with E-state index >= 15 is 0 Å². The van der Waals surface area contributed by atoms with Gasteiger partial charge in [0.2, 0.25) is 0 Å². The molecule has 0 unspecified atom stereocenters. The summed E-state index contributed by atoms with van der Waals surface area (Å²) in [5, 5.41) is 13.2.